The van der Waals surface area contributed by atoms with Gasteiger partial charge in [-0.1, -0.05) is 27.2 Å². The number of hydrogen-bond donors (Lipinski definition) is 3. The molecular formula is C14H26N2O3. The van der Waals surface area contributed by atoms with E-state index in [9.17, 15) is 9.59 Å². The summed E-state index contributed by atoms with van der Waals surface area (Å²) in [6, 6.07) is -1.17. The van der Waals surface area contributed by atoms with Crippen LogP contribution in [0.4, 0.5) is 4.79 Å². The molecule has 0 unspecified atom stereocenters. The van der Waals surface area contributed by atoms with Gasteiger partial charge in [0.1, 0.15) is 6.04 Å². The molecule has 0 aromatic heterocycles. The third-order valence-electron chi connectivity index (χ3n) is 3.67. The second kappa shape index (κ2) is 6.78. The Morgan fingerprint density at radius 3 is 2.37 bits per heavy atom. The molecule has 1 rings (SSSR count). The molecule has 1 atom stereocenters. The highest BCUT2D eigenvalue weighted by atomic mass is 16.4. The minimum atomic E-state index is -0.974. The van der Waals surface area contributed by atoms with Gasteiger partial charge >= 0.3 is 12.0 Å². The summed E-state index contributed by atoms with van der Waals surface area (Å²) in [6.45, 7) is 6.68. The molecule has 0 aliphatic heterocycles. The standard InChI is InChI=1S/C14H26N2O3/c1-4-5-14(6-7-14)9-15-13(19)16-11(12(17)18)8-10(2)3/h10-11H,4-9H2,1-3H3,(H,17,18)(H2,15,16,19)/t11-/m1/s1. The van der Waals surface area contributed by atoms with Crippen LogP contribution in [0.2, 0.25) is 0 Å². The van der Waals surface area contributed by atoms with E-state index in [2.05, 4.69) is 17.6 Å². The van der Waals surface area contributed by atoms with Crippen LogP contribution in [0.15, 0.2) is 0 Å². The molecule has 0 bridgehead atoms. The number of carbonyl (C=O) groups is 2. The van der Waals surface area contributed by atoms with Crippen molar-refractivity contribution >= 4 is 12.0 Å². The van der Waals surface area contributed by atoms with Gasteiger partial charge in [-0.3, -0.25) is 0 Å². The van der Waals surface area contributed by atoms with E-state index >= 15 is 0 Å². The van der Waals surface area contributed by atoms with Gasteiger partial charge in [-0.15, -0.1) is 0 Å². The summed E-state index contributed by atoms with van der Waals surface area (Å²) in [6.07, 6.45) is 5.02. The zero-order valence-corrected chi connectivity index (χ0v) is 12.2. The van der Waals surface area contributed by atoms with Crippen molar-refractivity contribution in [2.75, 3.05) is 6.54 Å². The zero-order chi connectivity index (χ0) is 14.5. The molecule has 0 heterocycles. The van der Waals surface area contributed by atoms with Crippen molar-refractivity contribution in [3.63, 3.8) is 0 Å². The van der Waals surface area contributed by atoms with E-state index in [0.29, 0.717) is 13.0 Å². The highest BCUT2D eigenvalue weighted by Gasteiger charge is 2.41. The average Bonchev–Trinajstić information content (AvgIpc) is 3.06. The first-order valence-corrected chi connectivity index (χ1v) is 7.16. The number of amides is 2. The van der Waals surface area contributed by atoms with Gasteiger partial charge in [0, 0.05) is 6.54 Å². The van der Waals surface area contributed by atoms with Gasteiger partial charge in [0.2, 0.25) is 0 Å². The Morgan fingerprint density at radius 1 is 1.32 bits per heavy atom. The fraction of sp³-hybridized carbons (Fsp3) is 0.857. The van der Waals surface area contributed by atoms with Crippen LogP contribution in [-0.2, 0) is 4.79 Å². The monoisotopic (exact) mass is 270 g/mol. The maximum Gasteiger partial charge on any atom is 0.326 e. The zero-order valence-electron chi connectivity index (χ0n) is 12.2. The van der Waals surface area contributed by atoms with E-state index in [1.807, 2.05) is 13.8 Å². The van der Waals surface area contributed by atoms with Crippen LogP contribution in [0, 0.1) is 11.3 Å². The predicted molar refractivity (Wildman–Crippen MR) is 74.0 cm³/mol. The molecule has 0 saturated heterocycles. The van der Waals surface area contributed by atoms with Crippen LogP contribution in [0.3, 0.4) is 0 Å². The summed E-state index contributed by atoms with van der Waals surface area (Å²) in [5.74, 6) is -0.741. The Morgan fingerprint density at radius 2 is 1.95 bits per heavy atom. The normalized spacial score (nSPS) is 17.9. The molecule has 1 aliphatic carbocycles. The number of aliphatic carboxylic acids is 1. The van der Waals surface area contributed by atoms with E-state index in [-0.39, 0.29) is 17.4 Å². The first-order chi connectivity index (χ1) is 8.88. The molecule has 1 aliphatic rings. The molecule has 0 radical (unpaired) electrons. The number of carbonyl (C=O) groups excluding carboxylic acids is 1. The number of hydrogen-bond acceptors (Lipinski definition) is 2. The third-order valence-corrected chi connectivity index (χ3v) is 3.67. The molecule has 1 fully saturated rings. The van der Waals surface area contributed by atoms with Crippen LogP contribution in [0.1, 0.15) is 52.9 Å². The summed E-state index contributed by atoms with van der Waals surface area (Å²) in [4.78, 5) is 22.8. The predicted octanol–water partition coefficient (Wildman–Crippen LogP) is 2.37. The molecule has 19 heavy (non-hydrogen) atoms. The second-order valence-electron chi connectivity index (χ2n) is 6.10. The van der Waals surface area contributed by atoms with Crippen LogP contribution in [0.25, 0.3) is 0 Å². The first kappa shape index (κ1) is 15.8. The Kier molecular flexibility index (Phi) is 5.63. The van der Waals surface area contributed by atoms with Gasteiger partial charge in [-0.05, 0) is 37.0 Å². The molecule has 0 spiro atoms. The summed E-state index contributed by atoms with van der Waals surface area (Å²) in [7, 11) is 0. The minimum Gasteiger partial charge on any atom is -0.480 e. The van der Waals surface area contributed by atoms with Gasteiger partial charge < -0.3 is 15.7 Å². The van der Waals surface area contributed by atoms with Gasteiger partial charge in [-0.25, -0.2) is 9.59 Å². The van der Waals surface area contributed by atoms with Crippen molar-refractivity contribution in [2.45, 2.75) is 58.9 Å². The highest BCUT2D eigenvalue weighted by molar-refractivity contribution is 5.82. The minimum absolute atomic E-state index is 0.233. The lowest BCUT2D eigenvalue weighted by Crippen LogP contribution is -2.47. The lowest BCUT2D eigenvalue weighted by atomic mass is 10.0. The average molecular weight is 270 g/mol. The lowest BCUT2D eigenvalue weighted by molar-refractivity contribution is -0.139. The molecule has 110 valence electrons. The second-order valence-corrected chi connectivity index (χ2v) is 6.10. The SMILES string of the molecule is CCCC1(CNC(=O)N[C@H](CC(C)C)C(=O)O)CC1. The van der Waals surface area contributed by atoms with Crippen LogP contribution >= 0.6 is 0 Å². The summed E-state index contributed by atoms with van der Waals surface area (Å²) in [5, 5.41) is 14.4. The number of rotatable bonds is 8. The molecule has 5 heteroatoms. The van der Waals surface area contributed by atoms with Crippen molar-refractivity contribution in [2.24, 2.45) is 11.3 Å². The maximum atomic E-state index is 11.7. The topological polar surface area (TPSA) is 78.4 Å². The highest BCUT2D eigenvalue weighted by Crippen LogP contribution is 2.48. The van der Waals surface area contributed by atoms with E-state index in [0.717, 1.165) is 25.7 Å². The van der Waals surface area contributed by atoms with Crippen molar-refractivity contribution in [1.29, 1.82) is 0 Å². The van der Waals surface area contributed by atoms with Gasteiger partial charge in [-0.2, -0.15) is 0 Å². The molecule has 5 nitrogen and oxygen atoms in total. The number of urea groups is 1. The lowest BCUT2D eigenvalue weighted by Gasteiger charge is -2.19. The van der Waals surface area contributed by atoms with Crippen LogP contribution < -0.4 is 10.6 Å². The summed E-state index contributed by atoms with van der Waals surface area (Å²) < 4.78 is 0. The Balaban J connectivity index is 2.34. The van der Waals surface area contributed by atoms with Crippen molar-refractivity contribution in [3.05, 3.63) is 0 Å². The molecular weight excluding hydrogens is 244 g/mol. The third kappa shape index (κ3) is 5.49. The van der Waals surface area contributed by atoms with Crippen molar-refractivity contribution in [1.82, 2.24) is 10.6 Å². The van der Waals surface area contributed by atoms with Crippen molar-refractivity contribution in [3.8, 4) is 0 Å². The van der Waals surface area contributed by atoms with Crippen LogP contribution in [-0.4, -0.2) is 29.7 Å². The van der Waals surface area contributed by atoms with Crippen LogP contribution in [0.5, 0.6) is 0 Å². The van der Waals surface area contributed by atoms with E-state index in [4.69, 9.17) is 5.11 Å². The smallest absolute Gasteiger partial charge is 0.326 e. The number of carboxylic acids is 1. The molecule has 0 aromatic carbocycles. The number of nitrogens with one attached hydrogen (secondary N) is 2. The molecule has 2 amide bonds. The van der Waals surface area contributed by atoms with Gasteiger partial charge in [0.25, 0.3) is 0 Å². The van der Waals surface area contributed by atoms with E-state index < -0.39 is 12.0 Å². The Hall–Kier alpha value is -1.26. The first-order valence-electron chi connectivity index (χ1n) is 7.16. The molecule has 3 N–H and O–H groups in total. The van der Waals surface area contributed by atoms with Gasteiger partial charge in [0.15, 0.2) is 0 Å². The Bertz CT molecular complexity index is 325. The number of carboxylic acid groups (broad SMARTS) is 1. The largest absolute Gasteiger partial charge is 0.480 e. The van der Waals surface area contributed by atoms with E-state index in [1.54, 1.807) is 0 Å². The van der Waals surface area contributed by atoms with Crippen molar-refractivity contribution < 1.29 is 14.7 Å². The summed E-state index contributed by atoms with van der Waals surface area (Å²) >= 11 is 0. The fourth-order valence-electron chi connectivity index (χ4n) is 2.39. The summed E-state index contributed by atoms with van der Waals surface area (Å²) in [5.41, 5.74) is 0.281. The fourth-order valence-corrected chi connectivity index (χ4v) is 2.39. The molecule has 1 saturated carbocycles. The maximum absolute atomic E-state index is 11.7. The quantitative estimate of drug-likeness (QED) is 0.633. The Labute approximate surface area is 115 Å². The van der Waals surface area contributed by atoms with E-state index in [1.165, 1.54) is 0 Å². The van der Waals surface area contributed by atoms with Gasteiger partial charge in [0.05, 0.1) is 0 Å². The molecule has 0 aromatic rings.